The summed E-state index contributed by atoms with van der Waals surface area (Å²) < 4.78 is 8.77. The molecule has 1 amide bonds. The van der Waals surface area contributed by atoms with Crippen LogP contribution >= 0.6 is 0 Å². The number of carbonyl (C=O) groups excluding carboxylic acids is 1. The molecule has 0 saturated carbocycles. The molecule has 1 N–H and O–H groups in total. The molecular formula is C25H28N4O3. The molecule has 7 nitrogen and oxygen atoms in total. The van der Waals surface area contributed by atoms with E-state index in [1.165, 1.54) is 0 Å². The van der Waals surface area contributed by atoms with E-state index >= 15 is 0 Å². The lowest BCUT2D eigenvalue weighted by Gasteiger charge is -2.24. The first-order chi connectivity index (χ1) is 15.3. The van der Waals surface area contributed by atoms with Gasteiger partial charge in [0, 0.05) is 5.39 Å². The summed E-state index contributed by atoms with van der Waals surface area (Å²) in [6.45, 7) is 7.74. The Hall–Kier alpha value is -3.61. The van der Waals surface area contributed by atoms with Crippen molar-refractivity contribution < 1.29 is 9.53 Å². The first-order valence-corrected chi connectivity index (χ1v) is 10.8. The van der Waals surface area contributed by atoms with Gasteiger partial charge in [0.25, 0.3) is 5.56 Å². The fourth-order valence-corrected chi connectivity index (χ4v) is 3.78. The second kappa shape index (κ2) is 8.49. The third-order valence-corrected chi connectivity index (χ3v) is 5.22. The standard InChI is InChI=1S/C25H28N4O3/c1-5-19(26-24(31)32-25(2,3)4)22-27-29-20-14-10-9-13-18(20)15-21(29)23(30)28(22)16-17-11-7-6-8-12-17/h6-15,19H,5,16H2,1-4H3,(H,26,31). The van der Waals surface area contributed by atoms with E-state index < -0.39 is 17.7 Å². The highest BCUT2D eigenvalue weighted by atomic mass is 16.6. The second-order valence-corrected chi connectivity index (χ2v) is 8.84. The molecule has 1 unspecified atom stereocenters. The normalized spacial score (nSPS) is 12.8. The average molecular weight is 433 g/mol. The Balaban J connectivity index is 1.87. The predicted octanol–water partition coefficient (Wildman–Crippen LogP) is 4.67. The molecule has 0 spiro atoms. The minimum atomic E-state index is -0.625. The van der Waals surface area contributed by atoms with E-state index in [2.05, 4.69) is 5.32 Å². The summed E-state index contributed by atoms with van der Waals surface area (Å²) in [5.41, 5.74) is 1.54. The molecule has 0 aliphatic carbocycles. The van der Waals surface area contributed by atoms with Crippen molar-refractivity contribution in [2.24, 2.45) is 0 Å². The van der Waals surface area contributed by atoms with Crippen molar-refractivity contribution in [2.45, 2.75) is 52.3 Å². The highest BCUT2D eigenvalue weighted by Crippen LogP contribution is 2.21. The molecule has 0 radical (unpaired) electrons. The van der Waals surface area contributed by atoms with Crippen LogP contribution in [0, 0.1) is 0 Å². The maximum Gasteiger partial charge on any atom is 0.408 e. The number of amides is 1. The Bertz CT molecular complexity index is 1320. The van der Waals surface area contributed by atoms with E-state index in [4.69, 9.17) is 9.84 Å². The first-order valence-electron chi connectivity index (χ1n) is 10.8. The smallest absolute Gasteiger partial charge is 0.408 e. The molecular weight excluding hydrogens is 404 g/mol. The van der Waals surface area contributed by atoms with Crippen molar-refractivity contribution in [1.82, 2.24) is 19.5 Å². The minimum Gasteiger partial charge on any atom is -0.444 e. The van der Waals surface area contributed by atoms with E-state index in [9.17, 15) is 9.59 Å². The van der Waals surface area contributed by atoms with Gasteiger partial charge in [-0.2, -0.15) is 5.10 Å². The largest absolute Gasteiger partial charge is 0.444 e. The van der Waals surface area contributed by atoms with E-state index in [1.807, 2.05) is 88.4 Å². The molecule has 2 heterocycles. The molecule has 0 aliphatic rings. The lowest BCUT2D eigenvalue weighted by atomic mass is 10.2. The van der Waals surface area contributed by atoms with Gasteiger partial charge in [0.05, 0.1) is 18.1 Å². The van der Waals surface area contributed by atoms with Gasteiger partial charge < -0.3 is 10.1 Å². The van der Waals surface area contributed by atoms with E-state index in [1.54, 1.807) is 9.08 Å². The summed E-state index contributed by atoms with van der Waals surface area (Å²) in [7, 11) is 0. The van der Waals surface area contributed by atoms with Gasteiger partial charge in [0.2, 0.25) is 0 Å². The number of hydrogen-bond donors (Lipinski definition) is 1. The number of carbonyl (C=O) groups is 1. The molecule has 32 heavy (non-hydrogen) atoms. The van der Waals surface area contributed by atoms with Gasteiger partial charge in [-0.25, -0.2) is 9.31 Å². The van der Waals surface area contributed by atoms with Crippen LogP contribution in [0.15, 0.2) is 65.5 Å². The van der Waals surface area contributed by atoms with E-state index in [0.29, 0.717) is 24.3 Å². The Labute approximate surface area is 186 Å². The Morgan fingerprint density at radius 1 is 1.06 bits per heavy atom. The number of benzene rings is 2. The van der Waals surface area contributed by atoms with Crippen molar-refractivity contribution in [2.75, 3.05) is 0 Å². The molecule has 0 bridgehead atoms. The summed E-state index contributed by atoms with van der Waals surface area (Å²) in [5.74, 6) is 0.487. The number of alkyl carbamates (subject to hydrolysis) is 1. The number of ether oxygens (including phenoxy) is 1. The van der Waals surface area contributed by atoms with Gasteiger partial charge >= 0.3 is 6.09 Å². The second-order valence-electron chi connectivity index (χ2n) is 8.84. The van der Waals surface area contributed by atoms with E-state index in [0.717, 1.165) is 16.5 Å². The van der Waals surface area contributed by atoms with E-state index in [-0.39, 0.29) is 5.56 Å². The SMILES string of the molecule is CCC(NC(=O)OC(C)(C)C)c1nn2c(cc3ccccc32)c(=O)n1Cc1ccccc1. The lowest BCUT2D eigenvalue weighted by Crippen LogP contribution is -2.38. The van der Waals surface area contributed by atoms with Crippen molar-refractivity contribution in [1.29, 1.82) is 0 Å². The van der Waals surface area contributed by atoms with Crippen LogP contribution in [-0.4, -0.2) is 25.9 Å². The van der Waals surface area contributed by atoms with Gasteiger partial charge in [-0.05, 0) is 44.9 Å². The number of hydrogen-bond acceptors (Lipinski definition) is 4. The Kier molecular flexibility index (Phi) is 5.74. The molecule has 2 aromatic heterocycles. The van der Waals surface area contributed by atoms with Gasteiger partial charge in [-0.1, -0.05) is 55.5 Å². The van der Waals surface area contributed by atoms with Crippen LogP contribution in [0.4, 0.5) is 4.79 Å². The summed E-state index contributed by atoms with van der Waals surface area (Å²) in [6, 6.07) is 18.9. The van der Waals surface area contributed by atoms with Crippen molar-refractivity contribution >= 4 is 22.5 Å². The molecule has 1 atom stereocenters. The zero-order chi connectivity index (χ0) is 22.9. The molecule has 4 rings (SSSR count). The quantitative estimate of drug-likeness (QED) is 0.497. The van der Waals surface area contributed by atoms with Crippen LogP contribution < -0.4 is 10.9 Å². The van der Waals surface area contributed by atoms with Crippen LogP contribution in [0.5, 0.6) is 0 Å². The highest BCUT2D eigenvalue weighted by molar-refractivity contribution is 5.86. The van der Waals surface area contributed by atoms with Crippen molar-refractivity contribution in [3.8, 4) is 0 Å². The van der Waals surface area contributed by atoms with Crippen LogP contribution in [0.2, 0.25) is 0 Å². The minimum absolute atomic E-state index is 0.153. The zero-order valence-corrected chi connectivity index (χ0v) is 18.8. The Morgan fingerprint density at radius 3 is 2.44 bits per heavy atom. The van der Waals surface area contributed by atoms with Crippen LogP contribution in [0.25, 0.3) is 16.4 Å². The van der Waals surface area contributed by atoms with Crippen LogP contribution in [0.1, 0.15) is 51.5 Å². The predicted molar refractivity (Wildman–Crippen MR) is 125 cm³/mol. The maximum atomic E-state index is 13.6. The van der Waals surface area contributed by atoms with Gasteiger partial charge in [-0.3, -0.25) is 9.36 Å². The maximum absolute atomic E-state index is 13.6. The average Bonchev–Trinajstić information content (AvgIpc) is 3.12. The van der Waals surface area contributed by atoms with Crippen LogP contribution in [0.3, 0.4) is 0 Å². The molecule has 0 saturated heterocycles. The summed E-state index contributed by atoms with van der Waals surface area (Å²) in [4.78, 5) is 26.1. The fourth-order valence-electron chi connectivity index (χ4n) is 3.78. The van der Waals surface area contributed by atoms with Gasteiger partial charge in [-0.15, -0.1) is 0 Å². The molecule has 0 aliphatic heterocycles. The molecule has 2 aromatic carbocycles. The topological polar surface area (TPSA) is 77.6 Å². The molecule has 4 aromatic rings. The fraction of sp³-hybridized carbons (Fsp3) is 0.320. The lowest BCUT2D eigenvalue weighted by molar-refractivity contribution is 0.0498. The highest BCUT2D eigenvalue weighted by Gasteiger charge is 2.25. The number of rotatable bonds is 5. The molecule has 166 valence electrons. The van der Waals surface area contributed by atoms with Gasteiger partial charge in [0.15, 0.2) is 5.82 Å². The van der Waals surface area contributed by atoms with Crippen molar-refractivity contribution in [3.63, 3.8) is 0 Å². The third kappa shape index (κ3) is 4.37. The molecule has 0 fully saturated rings. The Morgan fingerprint density at radius 2 is 1.75 bits per heavy atom. The number of para-hydroxylation sites is 1. The summed E-state index contributed by atoms with van der Waals surface area (Å²) >= 11 is 0. The van der Waals surface area contributed by atoms with Crippen molar-refractivity contribution in [3.05, 3.63) is 82.4 Å². The number of nitrogens with zero attached hydrogens (tertiary/aromatic N) is 3. The summed E-state index contributed by atoms with van der Waals surface area (Å²) in [5, 5.41) is 8.69. The van der Waals surface area contributed by atoms with Gasteiger partial charge in [0.1, 0.15) is 11.1 Å². The van der Waals surface area contributed by atoms with Crippen LogP contribution in [-0.2, 0) is 11.3 Å². The number of aromatic nitrogens is 3. The molecule has 7 heteroatoms. The number of nitrogens with one attached hydrogen (secondary N) is 1. The third-order valence-electron chi connectivity index (χ3n) is 5.22. The summed E-state index contributed by atoms with van der Waals surface area (Å²) in [6.07, 6.45) is 0.00729. The first kappa shape index (κ1) is 21.6. The monoisotopic (exact) mass is 432 g/mol. The number of fused-ring (bicyclic) bond motifs is 3. The zero-order valence-electron chi connectivity index (χ0n) is 18.8.